The number of hydrogen-bond donors (Lipinski definition) is 0. The van der Waals surface area contributed by atoms with E-state index in [1.165, 1.54) is 15.8 Å². The number of nitrogens with zero attached hydrogens (tertiary/aromatic N) is 5. The number of carbonyl (C=O) groups is 1. The van der Waals surface area contributed by atoms with Gasteiger partial charge in [-0.25, -0.2) is 14.4 Å². The molecule has 1 amide bonds. The lowest BCUT2D eigenvalue weighted by atomic mass is 10.1. The average Bonchev–Trinajstić information content (AvgIpc) is 3.16. The smallest absolute Gasteiger partial charge is 0.299 e. The summed E-state index contributed by atoms with van der Waals surface area (Å²) >= 11 is 0. The summed E-state index contributed by atoms with van der Waals surface area (Å²) in [5.41, 5.74) is 0.162. The van der Waals surface area contributed by atoms with Crippen LogP contribution in [0.15, 0.2) is 51.2 Å². The van der Waals surface area contributed by atoms with Crippen LogP contribution in [-0.2, 0) is 17.9 Å². The highest BCUT2D eigenvalue weighted by Gasteiger charge is 2.23. The van der Waals surface area contributed by atoms with Crippen molar-refractivity contribution in [3.8, 4) is 6.07 Å². The molecule has 8 nitrogen and oxygen atoms in total. The van der Waals surface area contributed by atoms with E-state index in [-0.39, 0.29) is 5.56 Å². The molecule has 0 atom stereocenters. The topological polar surface area (TPSA) is 100 Å². The van der Waals surface area contributed by atoms with Crippen LogP contribution in [0.2, 0.25) is 0 Å². The molecule has 132 valence electrons. The molecule has 0 saturated heterocycles. The zero-order chi connectivity index (χ0) is 18.7. The SMILES string of the molecule is CCn1cc(C#N)c(=O)n(CC(=O)N2CCC(c3ccccc3)=N2)c1=O. The Bertz CT molecular complexity index is 1030. The van der Waals surface area contributed by atoms with Gasteiger partial charge in [0.15, 0.2) is 0 Å². The third-order valence-corrected chi connectivity index (χ3v) is 4.19. The minimum Gasteiger partial charge on any atom is -0.299 e. The van der Waals surface area contributed by atoms with Gasteiger partial charge in [0.25, 0.3) is 11.5 Å². The minimum absolute atomic E-state index is 0.172. The number of hydrogen-bond acceptors (Lipinski definition) is 5. The Kier molecular flexibility index (Phi) is 4.80. The first kappa shape index (κ1) is 17.4. The molecule has 26 heavy (non-hydrogen) atoms. The summed E-state index contributed by atoms with van der Waals surface area (Å²) < 4.78 is 2.02. The van der Waals surface area contributed by atoms with Crippen LogP contribution in [0.3, 0.4) is 0 Å². The third-order valence-electron chi connectivity index (χ3n) is 4.19. The van der Waals surface area contributed by atoms with Crippen molar-refractivity contribution in [1.82, 2.24) is 14.1 Å². The lowest BCUT2D eigenvalue weighted by Crippen LogP contribution is -2.44. The minimum atomic E-state index is -0.762. The number of rotatable bonds is 4. The van der Waals surface area contributed by atoms with Crippen LogP contribution in [0.25, 0.3) is 0 Å². The second-order valence-corrected chi connectivity index (χ2v) is 5.79. The fraction of sp³-hybridized carbons (Fsp3) is 0.278. The maximum absolute atomic E-state index is 12.5. The van der Waals surface area contributed by atoms with E-state index in [4.69, 9.17) is 5.26 Å². The molecule has 1 aromatic carbocycles. The molecule has 0 bridgehead atoms. The molecule has 0 aliphatic carbocycles. The summed E-state index contributed by atoms with van der Waals surface area (Å²) in [6.07, 6.45) is 1.81. The van der Waals surface area contributed by atoms with Crippen LogP contribution in [0.4, 0.5) is 0 Å². The fourth-order valence-corrected chi connectivity index (χ4v) is 2.78. The molecule has 0 radical (unpaired) electrons. The monoisotopic (exact) mass is 351 g/mol. The van der Waals surface area contributed by atoms with Crippen LogP contribution in [-0.4, -0.2) is 32.3 Å². The number of benzene rings is 1. The van der Waals surface area contributed by atoms with Gasteiger partial charge in [0, 0.05) is 19.2 Å². The summed E-state index contributed by atoms with van der Waals surface area (Å²) in [7, 11) is 0. The van der Waals surface area contributed by atoms with Crippen molar-refractivity contribution in [1.29, 1.82) is 5.26 Å². The average molecular weight is 351 g/mol. The van der Waals surface area contributed by atoms with Gasteiger partial charge in [0.05, 0.1) is 12.3 Å². The molecular formula is C18H17N5O3. The quantitative estimate of drug-likeness (QED) is 0.802. The van der Waals surface area contributed by atoms with E-state index in [0.29, 0.717) is 19.5 Å². The number of carbonyl (C=O) groups excluding carboxylic acids is 1. The molecule has 1 aromatic heterocycles. The van der Waals surface area contributed by atoms with E-state index < -0.39 is 23.7 Å². The maximum Gasteiger partial charge on any atom is 0.331 e. The molecular weight excluding hydrogens is 334 g/mol. The Morgan fingerprint density at radius 3 is 2.65 bits per heavy atom. The van der Waals surface area contributed by atoms with Crippen LogP contribution in [0, 0.1) is 11.3 Å². The molecule has 0 saturated carbocycles. The van der Waals surface area contributed by atoms with Gasteiger partial charge in [-0.1, -0.05) is 30.3 Å². The summed E-state index contributed by atoms with van der Waals surface area (Å²) in [5.74, 6) is -0.465. The first-order valence-electron chi connectivity index (χ1n) is 8.22. The van der Waals surface area contributed by atoms with Gasteiger partial charge in [0.2, 0.25) is 0 Å². The molecule has 0 N–H and O–H groups in total. The lowest BCUT2D eigenvalue weighted by molar-refractivity contribution is -0.131. The highest BCUT2D eigenvalue weighted by molar-refractivity contribution is 6.02. The summed E-state index contributed by atoms with van der Waals surface area (Å²) in [6, 6.07) is 11.3. The number of hydrazone groups is 1. The van der Waals surface area contributed by atoms with Crippen molar-refractivity contribution in [2.75, 3.05) is 6.54 Å². The molecule has 1 aliphatic heterocycles. The highest BCUT2D eigenvalue weighted by Crippen LogP contribution is 2.13. The van der Waals surface area contributed by atoms with Crippen molar-refractivity contribution < 1.29 is 4.79 Å². The number of amides is 1. The van der Waals surface area contributed by atoms with Crippen LogP contribution in [0.1, 0.15) is 24.5 Å². The molecule has 1 aliphatic rings. The number of aryl methyl sites for hydroxylation is 1. The first-order chi connectivity index (χ1) is 12.5. The molecule has 0 fully saturated rings. The first-order valence-corrected chi connectivity index (χ1v) is 8.22. The normalized spacial score (nSPS) is 13.4. The zero-order valence-corrected chi connectivity index (χ0v) is 14.3. The summed E-state index contributed by atoms with van der Waals surface area (Å²) in [4.78, 5) is 37.1. The van der Waals surface area contributed by atoms with Gasteiger partial charge in [-0.3, -0.25) is 14.2 Å². The Labute approximate surface area is 149 Å². The Hall–Kier alpha value is -3.47. The summed E-state index contributed by atoms with van der Waals surface area (Å²) in [6.45, 7) is 1.95. The molecule has 8 heteroatoms. The number of nitriles is 1. The Balaban J connectivity index is 1.88. The van der Waals surface area contributed by atoms with Gasteiger partial charge in [-0.05, 0) is 12.5 Å². The van der Waals surface area contributed by atoms with Crippen molar-refractivity contribution in [3.05, 3.63) is 68.5 Å². The molecule has 2 aromatic rings. The van der Waals surface area contributed by atoms with E-state index in [9.17, 15) is 14.4 Å². The van der Waals surface area contributed by atoms with Crippen LogP contribution < -0.4 is 11.2 Å². The van der Waals surface area contributed by atoms with Crippen molar-refractivity contribution in [2.45, 2.75) is 26.4 Å². The van der Waals surface area contributed by atoms with Gasteiger partial charge in [-0.2, -0.15) is 10.4 Å². The van der Waals surface area contributed by atoms with Gasteiger partial charge in [-0.15, -0.1) is 0 Å². The Morgan fingerprint density at radius 2 is 2.00 bits per heavy atom. The summed E-state index contributed by atoms with van der Waals surface area (Å²) in [5, 5.41) is 14.6. The molecule has 0 unspecified atom stereocenters. The lowest BCUT2D eigenvalue weighted by Gasteiger charge is -2.13. The van der Waals surface area contributed by atoms with E-state index in [0.717, 1.165) is 15.8 Å². The van der Waals surface area contributed by atoms with E-state index in [1.807, 2.05) is 30.3 Å². The van der Waals surface area contributed by atoms with Crippen molar-refractivity contribution >= 4 is 11.6 Å². The highest BCUT2D eigenvalue weighted by atomic mass is 16.2. The van der Waals surface area contributed by atoms with Gasteiger partial charge in [0.1, 0.15) is 18.2 Å². The van der Waals surface area contributed by atoms with Gasteiger partial charge < -0.3 is 0 Å². The molecule has 3 rings (SSSR count). The standard InChI is InChI=1S/C18H17N5O3/c1-2-21-11-14(10-19)17(25)22(18(21)26)12-16(24)23-9-8-15(20-23)13-6-4-3-5-7-13/h3-7,11H,2,8-9,12H2,1H3. The fourth-order valence-electron chi connectivity index (χ4n) is 2.78. The van der Waals surface area contributed by atoms with Crippen molar-refractivity contribution in [2.24, 2.45) is 5.10 Å². The Morgan fingerprint density at radius 1 is 1.27 bits per heavy atom. The second kappa shape index (κ2) is 7.19. The van der Waals surface area contributed by atoms with Gasteiger partial charge >= 0.3 is 5.69 Å². The predicted molar refractivity (Wildman–Crippen MR) is 94.7 cm³/mol. The van der Waals surface area contributed by atoms with E-state index >= 15 is 0 Å². The predicted octanol–water partition coefficient (Wildman–Crippen LogP) is 0.538. The number of aromatic nitrogens is 2. The molecule has 0 spiro atoms. The van der Waals surface area contributed by atoms with E-state index in [1.54, 1.807) is 13.0 Å². The van der Waals surface area contributed by atoms with Crippen molar-refractivity contribution in [3.63, 3.8) is 0 Å². The van der Waals surface area contributed by atoms with E-state index in [2.05, 4.69) is 5.10 Å². The van der Waals surface area contributed by atoms with Crippen LogP contribution in [0.5, 0.6) is 0 Å². The third kappa shape index (κ3) is 3.19. The second-order valence-electron chi connectivity index (χ2n) is 5.79. The maximum atomic E-state index is 12.5. The largest absolute Gasteiger partial charge is 0.331 e. The zero-order valence-electron chi connectivity index (χ0n) is 14.3. The van der Waals surface area contributed by atoms with Crippen LogP contribution >= 0.6 is 0 Å². The molecule has 2 heterocycles.